The second-order valence-corrected chi connectivity index (χ2v) is 6.28. The molecule has 21 heteroatoms. The first-order valence-electron chi connectivity index (χ1n) is 7.96. The second-order valence-electron chi connectivity index (χ2n) is 6.28. The molecule has 0 saturated carbocycles. The summed E-state index contributed by atoms with van der Waals surface area (Å²) in [5.74, 6) is -26.0. The van der Waals surface area contributed by atoms with E-state index in [0.717, 1.165) is 19.2 Å². The summed E-state index contributed by atoms with van der Waals surface area (Å²) in [4.78, 5) is 11.4. The summed E-state index contributed by atoms with van der Waals surface area (Å²) < 4.78 is 223. The highest BCUT2D eigenvalue weighted by Gasteiger charge is 2.85. The molecule has 0 aliphatic carbocycles. The van der Waals surface area contributed by atoms with Crippen LogP contribution in [0.15, 0.2) is 0 Å². The van der Waals surface area contributed by atoms with Crippen molar-refractivity contribution in [3.05, 3.63) is 0 Å². The van der Waals surface area contributed by atoms with Gasteiger partial charge in [-0.05, 0) is 13.3 Å². The molecule has 0 aliphatic rings. The summed E-state index contributed by atoms with van der Waals surface area (Å²) in [7, 11) is 0. The van der Waals surface area contributed by atoms with Crippen LogP contribution in [0.1, 0.15) is 20.3 Å². The number of carbonyl (C=O) groups is 1. The molecule has 0 saturated heterocycles. The van der Waals surface area contributed by atoms with Gasteiger partial charge in [0.1, 0.15) is 0 Å². The highest BCUT2D eigenvalue weighted by molar-refractivity contribution is 5.84. The Morgan fingerprint density at radius 1 is 0.676 bits per heavy atom. The number of halogens is 17. The van der Waals surface area contributed by atoms with Crippen LogP contribution in [0.3, 0.4) is 0 Å². The number of alkyl halides is 17. The first-order valence-corrected chi connectivity index (χ1v) is 7.96. The summed E-state index contributed by atoms with van der Waals surface area (Å²) in [5, 5.41) is 0.928. The second kappa shape index (κ2) is 9.01. The van der Waals surface area contributed by atoms with Gasteiger partial charge in [0.25, 0.3) is 5.91 Å². The van der Waals surface area contributed by atoms with Crippen LogP contribution < -0.4 is 5.32 Å². The van der Waals surface area contributed by atoms with Gasteiger partial charge in [-0.25, -0.2) is 0 Å². The van der Waals surface area contributed by atoms with E-state index in [0.29, 0.717) is 0 Å². The molecule has 0 fully saturated rings. The van der Waals surface area contributed by atoms with Crippen LogP contribution in [-0.4, -0.2) is 60.3 Å². The normalized spacial score (nSPS) is 19.3. The van der Waals surface area contributed by atoms with E-state index < -0.39 is 66.7 Å². The number of rotatable bonds is 9. The van der Waals surface area contributed by atoms with Crippen molar-refractivity contribution in [1.82, 2.24) is 5.32 Å². The van der Waals surface area contributed by atoms with Gasteiger partial charge in [0.15, 0.2) is 0 Å². The molecule has 3 atom stereocenters. The number of carbonyl (C=O) groups excluding carboxylic acids is 1. The van der Waals surface area contributed by atoms with Gasteiger partial charge in [0.2, 0.25) is 0 Å². The van der Waals surface area contributed by atoms with Crippen molar-refractivity contribution in [3.63, 3.8) is 0 Å². The van der Waals surface area contributed by atoms with Crippen LogP contribution >= 0.6 is 0 Å². The third-order valence-corrected chi connectivity index (χ3v) is 3.64. The minimum Gasteiger partial charge on any atom is -0.348 e. The Labute approximate surface area is 176 Å². The maximum atomic E-state index is 14.1. The average Bonchev–Trinajstić information content (AvgIpc) is 2.57. The molecule has 0 unspecified atom stereocenters. The Kier molecular flexibility index (Phi) is 8.53. The fraction of sp³-hybridized carbons (Fsp3) is 0.923. The Morgan fingerprint density at radius 3 is 1.38 bits per heavy atom. The summed E-state index contributed by atoms with van der Waals surface area (Å²) >= 11 is 0. The molecule has 0 heterocycles. The quantitative estimate of drug-likeness (QED) is 0.371. The number of hydrogen-bond donors (Lipinski definition) is 1. The van der Waals surface area contributed by atoms with Gasteiger partial charge in [-0.2, -0.15) is 74.6 Å². The Morgan fingerprint density at radius 2 is 1.09 bits per heavy atom. The largest absolute Gasteiger partial charge is 0.462 e. The molecular weight excluding hydrogens is 541 g/mol. The minimum atomic E-state index is -8.02. The van der Waals surface area contributed by atoms with Gasteiger partial charge in [-0.3, -0.25) is 14.3 Å². The van der Waals surface area contributed by atoms with Crippen LogP contribution in [-0.2, 0) is 14.3 Å². The molecule has 0 spiro atoms. The molecule has 1 N–H and O–H groups in total. The van der Waals surface area contributed by atoms with E-state index in [1.165, 1.54) is 4.74 Å². The fourth-order valence-corrected chi connectivity index (χ4v) is 1.58. The lowest BCUT2D eigenvalue weighted by Gasteiger charge is -2.40. The number of amides is 1. The van der Waals surface area contributed by atoms with Crippen LogP contribution in [0.2, 0.25) is 0 Å². The maximum Gasteiger partial charge on any atom is 0.462 e. The summed E-state index contributed by atoms with van der Waals surface area (Å²) in [6, 6.07) is -1.56. The topological polar surface area (TPSA) is 47.6 Å². The van der Waals surface area contributed by atoms with Crippen molar-refractivity contribution in [3.8, 4) is 0 Å². The first kappa shape index (κ1) is 32.2. The average molecular weight is 551 g/mol. The van der Waals surface area contributed by atoms with E-state index >= 15 is 0 Å². The monoisotopic (exact) mass is 551 g/mol. The zero-order valence-corrected chi connectivity index (χ0v) is 15.9. The van der Waals surface area contributed by atoms with Crippen LogP contribution in [0.4, 0.5) is 74.6 Å². The third kappa shape index (κ3) is 5.70. The van der Waals surface area contributed by atoms with Gasteiger partial charge in [0, 0.05) is 6.04 Å². The highest BCUT2D eigenvalue weighted by atomic mass is 19.4. The molecule has 0 aromatic carbocycles. The van der Waals surface area contributed by atoms with Gasteiger partial charge in [-0.1, -0.05) is 6.92 Å². The lowest BCUT2D eigenvalue weighted by molar-refractivity contribution is -0.548. The molecular formula is C13H10F17NO3. The molecule has 204 valence electrons. The van der Waals surface area contributed by atoms with E-state index in [2.05, 4.69) is 0 Å². The van der Waals surface area contributed by atoms with E-state index in [9.17, 15) is 79.4 Å². The Balaban J connectivity index is 6.73. The molecule has 4 nitrogen and oxygen atoms in total. The standard InChI is InChI=1S/C13H10F17NO3/c1-3-4(2)31-5(32)6(14,9(18,19)20)33-13(29,30)8(17,11(24,25)26)34-12(27,28)7(15,16)10(21,22)23/h4H,3H2,1-2H3,(H,31,32)/t4-,6+,8-/m1/s1. The van der Waals surface area contributed by atoms with Crippen LogP contribution in [0.5, 0.6) is 0 Å². The molecule has 1 amide bonds. The molecule has 0 aliphatic heterocycles. The molecule has 0 aromatic rings. The van der Waals surface area contributed by atoms with Crippen LogP contribution in [0.25, 0.3) is 0 Å². The van der Waals surface area contributed by atoms with Crippen molar-refractivity contribution in [2.45, 2.75) is 74.7 Å². The summed E-state index contributed by atoms with van der Waals surface area (Å²) in [6.45, 7) is 1.84. The predicted octanol–water partition coefficient (Wildman–Crippen LogP) is 5.77. The smallest absolute Gasteiger partial charge is 0.348 e. The van der Waals surface area contributed by atoms with Crippen molar-refractivity contribution in [2.24, 2.45) is 0 Å². The van der Waals surface area contributed by atoms with Crippen molar-refractivity contribution < 1.29 is 88.9 Å². The predicted molar refractivity (Wildman–Crippen MR) is 70.7 cm³/mol. The van der Waals surface area contributed by atoms with E-state index in [1.54, 1.807) is 0 Å². The van der Waals surface area contributed by atoms with Crippen molar-refractivity contribution in [1.29, 1.82) is 0 Å². The fourth-order valence-electron chi connectivity index (χ4n) is 1.58. The van der Waals surface area contributed by atoms with Gasteiger partial charge >= 0.3 is 48.4 Å². The van der Waals surface area contributed by atoms with E-state index in [-0.39, 0.29) is 0 Å². The van der Waals surface area contributed by atoms with Gasteiger partial charge in [0.05, 0.1) is 0 Å². The summed E-state index contributed by atoms with van der Waals surface area (Å²) in [5.41, 5.74) is 0. The number of hydrogen-bond acceptors (Lipinski definition) is 3. The Bertz CT molecular complexity index is 730. The molecule has 34 heavy (non-hydrogen) atoms. The lowest BCUT2D eigenvalue weighted by Crippen LogP contribution is -2.69. The van der Waals surface area contributed by atoms with E-state index in [4.69, 9.17) is 0 Å². The van der Waals surface area contributed by atoms with Crippen molar-refractivity contribution in [2.75, 3.05) is 0 Å². The zero-order valence-electron chi connectivity index (χ0n) is 15.9. The zero-order chi connectivity index (χ0) is 28.0. The summed E-state index contributed by atoms with van der Waals surface area (Å²) in [6.07, 6.45) is -38.8. The molecule has 0 aromatic heterocycles. The maximum absolute atomic E-state index is 14.1. The van der Waals surface area contributed by atoms with Gasteiger partial charge in [-0.15, -0.1) is 0 Å². The molecule has 0 bridgehead atoms. The highest BCUT2D eigenvalue weighted by Crippen LogP contribution is 2.56. The van der Waals surface area contributed by atoms with Crippen LogP contribution in [0, 0.1) is 0 Å². The molecule has 0 radical (unpaired) electrons. The minimum absolute atomic E-state index is 0.395. The van der Waals surface area contributed by atoms with Crippen molar-refractivity contribution >= 4 is 5.91 Å². The van der Waals surface area contributed by atoms with Gasteiger partial charge < -0.3 is 5.32 Å². The lowest BCUT2D eigenvalue weighted by atomic mass is 10.2. The third-order valence-electron chi connectivity index (χ3n) is 3.64. The number of ether oxygens (including phenoxy) is 2. The Hall–Kier alpha value is -1.80. The molecule has 0 rings (SSSR count). The van der Waals surface area contributed by atoms with E-state index in [1.807, 2.05) is 4.74 Å². The SMILES string of the molecule is CC[C@@H](C)NC(=O)[C@](F)(OC(F)(F)[C@](F)(OC(F)(F)C(F)(F)C(F)(F)F)C(F)(F)F)C(F)(F)F. The first-order chi connectivity index (χ1) is 14.5. The number of nitrogens with one attached hydrogen (secondary N) is 1.